The van der Waals surface area contributed by atoms with Gasteiger partial charge in [0.25, 0.3) is 0 Å². The van der Waals surface area contributed by atoms with Crippen molar-refractivity contribution in [1.82, 2.24) is 4.37 Å². The fraction of sp³-hybridized carbons (Fsp3) is 0.214. The van der Waals surface area contributed by atoms with Crippen LogP contribution < -0.4 is 14.9 Å². The van der Waals surface area contributed by atoms with Crippen molar-refractivity contribution in [1.29, 1.82) is 0 Å². The van der Waals surface area contributed by atoms with E-state index >= 15 is 0 Å². The number of aromatic nitrogens is 1. The Labute approximate surface area is 136 Å². The number of benzene rings is 1. The standard InChI is InChI=1S/C14H15N3O5S/c1-7-11(14(19)20)13(23-17-7)16-15-6-8-4-9(21-2)12(18)10(5-8)22-3/h4-6,16,18H,1-3H3,(H,19,20). The van der Waals surface area contributed by atoms with E-state index in [0.717, 1.165) is 11.5 Å². The van der Waals surface area contributed by atoms with Crippen LogP contribution in [0, 0.1) is 6.92 Å². The van der Waals surface area contributed by atoms with Gasteiger partial charge in [0.15, 0.2) is 11.5 Å². The molecule has 0 amide bonds. The molecule has 0 spiro atoms. The summed E-state index contributed by atoms with van der Waals surface area (Å²) in [5.41, 5.74) is 3.77. The average molecular weight is 337 g/mol. The molecule has 1 aromatic carbocycles. The first kappa shape index (κ1) is 16.6. The van der Waals surface area contributed by atoms with E-state index in [2.05, 4.69) is 14.9 Å². The Balaban J connectivity index is 2.23. The molecule has 1 heterocycles. The zero-order valence-corrected chi connectivity index (χ0v) is 13.5. The molecule has 3 N–H and O–H groups in total. The molecule has 122 valence electrons. The number of aryl methyl sites for hydroxylation is 1. The summed E-state index contributed by atoms with van der Waals surface area (Å²) in [6.07, 6.45) is 1.45. The third-order valence-corrected chi connectivity index (χ3v) is 3.80. The van der Waals surface area contributed by atoms with Crippen molar-refractivity contribution in [2.24, 2.45) is 5.10 Å². The van der Waals surface area contributed by atoms with Crippen molar-refractivity contribution in [2.75, 3.05) is 19.6 Å². The van der Waals surface area contributed by atoms with Crippen LogP contribution in [0.2, 0.25) is 0 Å². The maximum Gasteiger partial charge on any atom is 0.340 e. The van der Waals surface area contributed by atoms with E-state index in [9.17, 15) is 9.90 Å². The van der Waals surface area contributed by atoms with E-state index in [1.807, 2.05) is 0 Å². The molecule has 2 rings (SSSR count). The maximum atomic E-state index is 11.2. The van der Waals surface area contributed by atoms with Crippen LogP contribution in [0.4, 0.5) is 5.00 Å². The number of methoxy groups -OCH3 is 2. The molecule has 23 heavy (non-hydrogen) atoms. The smallest absolute Gasteiger partial charge is 0.340 e. The molecular formula is C14H15N3O5S. The van der Waals surface area contributed by atoms with Crippen LogP contribution in [0.5, 0.6) is 17.2 Å². The molecule has 1 aromatic heterocycles. The molecule has 0 atom stereocenters. The molecule has 9 heteroatoms. The Kier molecular flexibility index (Phi) is 5.02. The number of phenolic OH excluding ortho intramolecular Hbond substituents is 1. The van der Waals surface area contributed by atoms with Crippen molar-refractivity contribution in [2.45, 2.75) is 6.92 Å². The summed E-state index contributed by atoms with van der Waals surface area (Å²) < 4.78 is 14.1. The molecule has 2 aromatic rings. The second-order valence-electron chi connectivity index (χ2n) is 4.42. The number of phenols is 1. The zero-order valence-electron chi connectivity index (χ0n) is 12.7. The number of carboxylic acids is 1. The number of anilines is 1. The number of hydrogen-bond acceptors (Lipinski definition) is 8. The zero-order chi connectivity index (χ0) is 17.0. The van der Waals surface area contributed by atoms with Crippen molar-refractivity contribution in [3.8, 4) is 17.2 Å². The molecule has 0 aliphatic heterocycles. The summed E-state index contributed by atoms with van der Waals surface area (Å²) in [4.78, 5) is 11.2. The molecule has 8 nitrogen and oxygen atoms in total. The van der Waals surface area contributed by atoms with Crippen LogP contribution in [-0.2, 0) is 0 Å². The van der Waals surface area contributed by atoms with E-state index in [1.165, 1.54) is 20.4 Å². The van der Waals surface area contributed by atoms with Gasteiger partial charge in [0, 0.05) is 5.56 Å². The molecule has 0 bridgehead atoms. The van der Waals surface area contributed by atoms with Gasteiger partial charge in [-0.3, -0.25) is 5.43 Å². The number of carbonyl (C=O) groups is 1. The van der Waals surface area contributed by atoms with Crippen LogP contribution in [0.15, 0.2) is 17.2 Å². The summed E-state index contributed by atoms with van der Waals surface area (Å²) in [6, 6.07) is 3.14. The maximum absolute atomic E-state index is 11.2. The van der Waals surface area contributed by atoms with E-state index in [4.69, 9.17) is 14.6 Å². The normalized spacial score (nSPS) is 10.7. The predicted molar refractivity (Wildman–Crippen MR) is 86.2 cm³/mol. The Morgan fingerprint density at radius 1 is 1.35 bits per heavy atom. The Hall–Kier alpha value is -2.81. The number of aromatic hydroxyl groups is 1. The molecular weight excluding hydrogens is 322 g/mol. The van der Waals surface area contributed by atoms with Gasteiger partial charge in [-0.15, -0.1) is 0 Å². The number of hydrogen-bond donors (Lipinski definition) is 3. The summed E-state index contributed by atoms with van der Waals surface area (Å²) in [5, 5.41) is 23.3. The quantitative estimate of drug-likeness (QED) is 0.547. The highest BCUT2D eigenvalue weighted by molar-refractivity contribution is 7.10. The highest BCUT2D eigenvalue weighted by atomic mass is 32.1. The monoisotopic (exact) mass is 337 g/mol. The molecule has 0 radical (unpaired) electrons. The molecule has 0 aliphatic carbocycles. The Morgan fingerprint density at radius 2 is 1.96 bits per heavy atom. The van der Waals surface area contributed by atoms with Crippen LogP contribution >= 0.6 is 11.5 Å². The average Bonchev–Trinajstić information content (AvgIpc) is 2.89. The minimum atomic E-state index is -1.07. The second-order valence-corrected chi connectivity index (χ2v) is 5.19. The lowest BCUT2D eigenvalue weighted by Gasteiger charge is -2.09. The number of nitrogens with one attached hydrogen (secondary N) is 1. The minimum absolute atomic E-state index is 0.0908. The summed E-state index contributed by atoms with van der Waals surface area (Å²) in [5.74, 6) is -0.690. The fourth-order valence-corrected chi connectivity index (χ4v) is 2.59. The van der Waals surface area contributed by atoms with E-state index in [0.29, 0.717) is 16.3 Å². The Bertz CT molecular complexity index is 732. The third-order valence-electron chi connectivity index (χ3n) is 2.96. The van der Waals surface area contributed by atoms with Crippen molar-refractivity contribution in [3.63, 3.8) is 0 Å². The fourth-order valence-electron chi connectivity index (χ4n) is 1.85. The largest absolute Gasteiger partial charge is 0.502 e. The van der Waals surface area contributed by atoms with E-state index < -0.39 is 5.97 Å². The lowest BCUT2D eigenvalue weighted by atomic mass is 10.2. The van der Waals surface area contributed by atoms with E-state index in [1.54, 1.807) is 19.1 Å². The molecule has 0 aliphatic rings. The third kappa shape index (κ3) is 3.51. The van der Waals surface area contributed by atoms with Crippen molar-refractivity contribution >= 4 is 28.7 Å². The Morgan fingerprint density at radius 3 is 2.48 bits per heavy atom. The van der Waals surface area contributed by atoms with E-state index in [-0.39, 0.29) is 22.8 Å². The van der Waals surface area contributed by atoms with Gasteiger partial charge in [0.05, 0.1) is 26.1 Å². The van der Waals surface area contributed by atoms with Crippen LogP contribution in [0.3, 0.4) is 0 Å². The first-order valence-electron chi connectivity index (χ1n) is 6.41. The molecule has 0 unspecified atom stereocenters. The highest BCUT2D eigenvalue weighted by Crippen LogP contribution is 2.36. The number of ether oxygens (including phenoxy) is 2. The number of carboxylic acid groups (broad SMARTS) is 1. The number of rotatable bonds is 6. The molecule has 0 fully saturated rings. The van der Waals surface area contributed by atoms with Crippen molar-refractivity contribution < 1.29 is 24.5 Å². The topological polar surface area (TPSA) is 113 Å². The van der Waals surface area contributed by atoms with Gasteiger partial charge in [-0.2, -0.15) is 9.47 Å². The van der Waals surface area contributed by atoms with Gasteiger partial charge < -0.3 is 19.7 Å². The summed E-state index contributed by atoms with van der Waals surface area (Å²) >= 11 is 1.01. The lowest BCUT2D eigenvalue weighted by molar-refractivity contribution is 0.0697. The van der Waals surface area contributed by atoms with Gasteiger partial charge in [0.1, 0.15) is 10.6 Å². The first-order chi connectivity index (χ1) is 11.0. The van der Waals surface area contributed by atoms with Crippen LogP contribution in [-0.4, -0.2) is 41.0 Å². The van der Waals surface area contributed by atoms with Crippen LogP contribution in [0.1, 0.15) is 21.6 Å². The number of hydrazone groups is 1. The highest BCUT2D eigenvalue weighted by Gasteiger charge is 2.17. The molecule has 0 saturated heterocycles. The van der Waals surface area contributed by atoms with Crippen molar-refractivity contribution in [3.05, 3.63) is 29.0 Å². The van der Waals surface area contributed by atoms with Gasteiger partial charge in [-0.25, -0.2) is 4.79 Å². The van der Waals surface area contributed by atoms with Gasteiger partial charge in [-0.1, -0.05) is 0 Å². The van der Waals surface area contributed by atoms with Crippen LogP contribution in [0.25, 0.3) is 0 Å². The minimum Gasteiger partial charge on any atom is -0.502 e. The number of nitrogens with zero attached hydrogens (tertiary/aromatic N) is 2. The SMILES string of the molecule is COc1cc(C=NNc2snc(C)c2C(=O)O)cc(OC)c1O. The second kappa shape index (κ2) is 6.97. The predicted octanol–water partition coefficient (Wildman–Crippen LogP) is 2.32. The summed E-state index contributed by atoms with van der Waals surface area (Å²) in [7, 11) is 2.85. The summed E-state index contributed by atoms with van der Waals surface area (Å²) in [6.45, 7) is 1.62. The first-order valence-corrected chi connectivity index (χ1v) is 7.18. The molecule has 0 saturated carbocycles. The van der Waals surface area contributed by atoms with Gasteiger partial charge in [0.2, 0.25) is 5.75 Å². The lowest BCUT2D eigenvalue weighted by Crippen LogP contribution is -2.01. The van der Waals surface area contributed by atoms with Gasteiger partial charge >= 0.3 is 5.97 Å². The number of aromatic carboxylic acids is 1. The van der Waals surface area contributed by atoms with Gasteiger partial charge in [-0.05, 0) is 30.6 Å².